The van der Waals surface area contributed by atoms with Gasteiger partial charge in [-0.25, -0.2) is 19.6 Å². The molecule has 292 valence electrons. The molecule has 8 aliphatic heterocycles. The van der Waals surface area contributed by atoms with Gasteiger partial charge in [-0.15, -0.1) is 0 Å². The van der Waals surface area contributed by atoms with Gasteiger partial charge in [0.25, 0.3) is 0 Å². The first kappa shape index (κ1) is 37.7. The van der Waals surface area contributed by atoms with Crippen molar-refractivity contribution in [3.05, 3.63) is 0 Å². The van der Waals surface area contributed by atoms with Gasteiger partial charge in [0.05, 0.1) is 12.2 Å². The highest BCUT2D eigenvalue weighted by atomic mass is 28.4. The van der Waals surface area contributed by atoms with Crippen molar-refractivity contribution in [2.45, 2.75) is 192 Å². The van der Waals surface area contributed by atoms with Crippen LogP contribution in [0.1, 0.15) is 133 Å². The zero-order chi connectivity index (χ0) is 36.1. The van der Waals surface area contributed by atoms with Crippen LogP contribution in [-0.2, 0) is 47.3 Å². The van der Waals surface area contributed by atoms with Gasteiger partial charge in [-0.2, -0.15) is 0 Å². The van der Waals surface area contributed by atoms with Crippen molar-refractivity contribution in [1.82, 2.24) is 0 Å². The van der Waals surface area contributed by atoms with E-state index >= 15 is 0 Å². The average molecular weight is 737 g/mol. The molecule has 0 N–H and O–H groups in total. The number of ether oxygens (including phenoxy) is 4. The molecule has 6 unspecified atom stereocenters. The Hall–Kier alpha value is -0.183. The van der Waals surface area contributed by atoms with Crippen molar-refractivity contribution in [2.24, 2.45) is 47.3 Å². The molecule has 8 heterocycles. The Bertz CT molecular complexity index is 1180. The molecule has 51 heavy (non-hydrogen) atoms. The summed E-state index contributed by atoms with van der Waals surface area (Å²) in [7, 11) is -2.63. The van der Waals surface area contributed by atoms with E-state index in [-0.39, 0.29) is 23.3 Å². The first-order chi connectivity index (χ1) is 24.2. The molecule has 0 aromatic heterocycles. The maximum absolute atomic E-state index is 7.05. The monoisotopic (exact) mass is 736 g/mol. The van der Waals surface area contributed by atoms with Gasteiger partial charge in [-0.3, -0.25) is 0 Å². The molecule has 8 saturated heterocycles. The summed E-state index contributed by atoms with van der Waals surface area (Å²) in [6.45, 7) is 23.7. The summed E-state index contributed by atoms with van der Waals surface area (Å²) >= 11 is 0. The lowest BCUT2D eigenvalue weighted by Crippen LogP contribution is -2.70. The lowest BCUT2D eigenvalue weighted by molar-refractivity contribution is -0.571. The molecule has 10 aliphatic rings. The van der Waals surface area contributed by atoms with E-state index in [1.165, 1.54) is 12.8 Å². The van der Waals surface area contributed by atoms with Crippen molar-refractivity contribution >= 4 is 8.56 Å². The third-order valence-electron chi connectivity index (χ3n) is 15.7. The summed E-state index contributed by atoms with van der Waals surface area (Å²) in [5.74, 6) is 1.59. The quantitative estimate of drug-likeness (QED) is 0.161. The SMILES string of the molecule is CC(C)[Si](OCC[C@H]1O[C@@H]2OC3(C)CCC4[C@H](C)CCC([C@H]1C)[C@]42OO3)(OCC[C@H]1O[C@@H]2OC3(C)CCC4[C@H](C)CCC([C@H]1C)[C@]42OO3)C(C)C. The highest BCUT2D eigenvalue weighted by molar-refractivity contribution is 6.70. The zero-order valence-electron chi connectivity index (χ0n) is 33.2. The van der Waals surface area contributed by atoms with Gasteiger partial charge in [0, 0.05) is 37.9 Å². The minimum absolute atomic E-state index is 0.0195. The van der Waals surface area contributed by atoms with Crippen LogP contribution in [0.15, 0.2) is 0 Å². The van der Waals surface area contributed by atoms with E-state index in [4.69, 9.17) is 47.3 Å². The molecular weight excluding hydrogens is 669 g/mol. The fourth-order valence-electron chi connectivity index (χ4n) is 12.7. The second kappa shape index (κ2) is 13.5. The lowest BCUT2D eigenvalue weighted by Gasteiger charge is -2.60. The summed E-state index contributed by atoms with van der Waals surface area (Å²) in [6, 6.07) is 0. The molecule has 10 nitrogen and oxygen atoms in total. The van der Waals surface area contributed by atoms with Gasteiger partial charge >= 0.3 is 8.56 Å². The largest absolute Gasteiger partial charge is 0.394 e. The Morgan fingerprint density at radius 1 is 0.569 bits per heavy atom. The molecule has 11 heteroatoms. The predicted molar refractivity (Wildman–Crippen MR) is 191 cm³/mol. The van der Waals surface area contributed by atoms with Gasteiger partial charge in [0.15, 0.2) is 23.8 Å². The molecule has 2 spiro atoms. The minimum atomic E-state index is -2.63. The number of rotatable bonds is 10. The first-order valence-corrected chi connectivity index (χ1v) is 22.8. The van der Waals surface area contributed by atoms with E-state index in [1.54, 1.807) is 0 Å². The Morgan fingerprint density at radius 3 is 1.37 bits per heavy atom. The normalized spacial score (nSPS) is 52.0. The van der Waals surface area contributed by atoms with Crippen molar-refractivity contribution in [3.63, 3.8) is 0 Å². The Labute approximate surface area is 308 Å². The van der Waals surface area contributed by atoms with Gasteiger partial charge in [-0.1, -0.05) is 55.4 Å². The molecule has 4 bridgehead atoms. The third kappa shape index (κ3) is 5.83. The third-order valence-corrected chi connectivity index (χ3v) is 20.2. The molecule has 10 fully saturated rings. The molecule has 2 aliphatic carbocycles. The molecule has 0 radical (unpaired) electrons. The van der Waals surface area contributed by atoms with Crippen LogP contribution in [0.3, 0.4) is 0 Å². The van der Waals surface area contributed by atoms with E-state index in [9.17, 15) is 0 Å². The number of fused-ring (bicyclic) bond motifs is 4. The fraction of sp³-hybridized carbons (Fsp3) is 1.00. The van der Waals surface area contributed by atoms with Crippen LogP contribution >= 0.6 is 0 Å². The maximum Gasteiger partial charge on any atom is 0.343 e. The van der Waals surface area contributed by atoms with Crippen LogP contribution in [0, 0.1) is 47.3 Å². The van der Waals surface area contributed by atoms with Gasteiger partial charge in [0.1, 0.15) is 0 Å². The fourth-order valence-corrected chi connectivity index (χ4v) is 16.3. The highest BCUT2D eigenvalue weighted by Crippen LogP contribution is 2.62. The van der Waals surface area contributed by atoms with E-state index in [1.807, 2.05) is 13.8 Å². The Morgan fingerprint density at radius 2 is 0.980 bits per heavy atom. The van der Waals surface area contributed by atoms with E-state index in [2.05, 4.69) is 55.4 Å². The van der Waals surface area contributed by atoms with E-state index < -0.39 is 43.9 Å². The average Bonchev–Trinajstić information content (AvgIpc) is 3.46. The summed E-state index contributed by atoms with van der Waals surface area (Å²) in [4.78, 5) is 24.8. The van der Waals surface area contributed by atoms with Crippen LogP contribution in [0.5, 0.6) is 0 Å². The van der Waals surface area contributed by atoms with Gasteiger partial charge in [0.2, 0.25) is 11.6 Å². The van der Waals surface area contributed by atoms with Crippen LogP contribution < -0.4 is 0 Å². The summed E-state index contributed by atoms with van der Waals surface area (Å²) < 4.78 is 41.2. The molecule has 0 aromatic carbocycles. The van der Waals surface area contributed by atoms with E-state index in [0.717, 1.165) is 51.4 Å². The molecule has 16 atom stereocenters. The Balaban J connectivity index is 0.929. The van der Waals surface area contributed by atoms with Crippen LogP contribution in [0.4, 0.5) is 0 Å². The van der Waals surface area contributed by atoms with Crippen LogP contribution in [0.25, 0.3) is 0 Å². The first-order valence-electron chi connectivity index (χ1n) is 20.9. The molecule has 0 amide bonds. The van der Waals surface area contributed by atoms with E-state index in [0.29, 0.717) is 60.6 Å². The standard InChI is InChI=1S/C40H68O10Si/c1-23(2)51(24(3)4,41-21-17-33-27(7)31-13-11-25(5)29-15-19-37(9)45-35(43-33)39(29,31)49-47-37)42-22-18-34-28(8)32-14-12-26(6)30-16-20-38(10)46-36(44-34)40(30,32)50-48-38/h23-36H,11-22H2,1-10H3/t25-,26-,27-,28-,29?,30?,31?,32?,33-,34-,35-,36-,37?,38?,39-,40-/m1/s1. The second-order valence-electron chi connectivity index (χ2n) is 19.2. The summed E-state index contributed by atoms with van der Waals surface area (Å²) in [5.41, 5.74) is -0.487. The van der Waals surface area contributed by atoms with Gasteiger partial charge < -0.3 is 27.8 Å². The predicted octanol–water partition coefficient (Wildman–Crippen LogP) is 8.56. The molecule has 0 aromatic rings. The van der Waals surface area contributed by atoms with Crippen LogP contribution in [-0.4, -0.2) is 69.3 Å². The van der Waals surface area contributed by atoms with Gasteiger partial charge in [-0.05, 0) is 112 Å². The summed E-state index contributed by atoms with van der Waals surface area (Å²) in [5, 5.41) is 0. The highest BCUT2D eigenvalue weighted by Gasteiger charge is 2.71. The zero-order valence-corrected chi connectivity index (χ0v) is 34.2. The van der Waals surface area contributed by atoms with Crippen molar-refractivity contribution in [3.8, 4) is 0 Å². The second-order valence-corrected chi connectivity index (χ2v) is 23.5. The maximum atomic E-state index is 7.05. The van der Waals surface area contributed by atoms with Crippen molar-refractivity contribution < 1.29 is 47.3 Å². The van der Waals surface area contributed by atoms with Crippen molar-refractivity contribution in [1.29, 1.82) is 0 Å². The minimum Gasteiger partial charge on any atom is -0.394 e. The smallest absolute Gasteiger partial charge is 0.343 e. The molecular formula is C40H68O10Si. The summed E-state index contributed by atoms with van der Waals surface area (Å²) in [6.07, 6.45) is 9.17. The number of hydrogen-bond donors (Lipinski definition) is 0. The van der Waals surface area contributed by atoms with Crippen LogP contribution in [0.2, 0.25) is 11.1 Å². The molecule has 10 rings (SSSR count). The number of hydrogen-bond acceptors (Lipinski definition) is 10. The lowest BCUT2D eigenvalue weighted by atomic mass is 9.57. The topological polar surface area (TPSA) is 92.3 Å². The van der Waals surface area contributed by atoms with Crippen molar-refractivity contribution in [2.75, 3.05) is 13.2 Å². The Kier molecular flexibility index (Phi) is 9.98. The molecule has 2 saturated carbocycles.